The molecule has 0 aliphatic heterocycles. The molecule has 0 bridgehead atoms. The second-order valence-corrected chi connectivity index (χ2v) is 0.874. The standard InChI is InChI=1S/CH4N2S.HI.H3N/c2-1(3)4;;/h(H4,2,3,4);1H;1H3. The van der Waals surface area contributed by atoms with Crippen LogP contribution in [0.1, 0.15) is 0 Å². The Hall–Kier alpha value is 0.380. The van der Waals surface area contributed by atoms with Gasteiger partial charge in [0, 0.05) is 0 Å². The third-order valence-electron chi connectivity index (χ3n) is 0. The zero-order chi connectivity index (χ0) is 3.58. The molecule has 0 fully saturated rings. The van der Waals surface area contributed by atoms with Crippen LogP contribution in [0.3, 0.4) is 0 Å². The van der Waals surface area contributed by atoms with Crippen LogP contribution in [0, 0.1) is 0 Å². The van der Waals surface area contributed by atoms with E-state index in [1.165, 1.54) is 0 Å². The molecule has 0 aromatic heterocycles. The first-order valence-electron chi connectivity index (χ1n) is 0.781. The van der Waals surface area contributed by atoms with Crippen molar-refractivity contribution in [2.24, 2.45) is 11.5 Å². The van der Waals surface area contributed by atoms with Crippen molar-refractivity contribution < 1.29 is 0 Å². The highest BCUT2D eigenvalue weighted by Crippen LogP contribution is 1.32. The van der Waals surface area contributed by atoms with Gasteiger partial charge in [0.25, 0.3) is 0 Å². The summed E-state index contributed by atoms with van der Waals surface area (Å²) < 4.78 is 0. The SMILES string of the molecule is I.N.NC(N)=S. The van der Waals surface area contributed by atoms with Gasteiger partial charge in [-0.3, -0.25) is 0 Å². The van der Waals surface area contributed by atoms with Crippen LogP contribution in [0.25, 0.3) is 0 Å². The van der Waals surface area contributed by atoms with Gasteiger partial charge in [0.15, 0.2) is 5.11 Å². The minimum Gasteiger partial charge on any atom is -0.377 e. The first kappa shape index (κ1) is 16.2. The topological polar surface area (TPSA) is 87.0 Å². The van der Waals surface area contributed by atoms with Crippen LogP contribution in [0.2, 0.25) is 0 Å². The first-order valence-corrected chi connectivity index (χ1v) is 1.19. The number of halogens is 1. The van der Waals surface area contributed by atoms with Gasteiger partial charge in [-0.05, 0) is 12.2 Å². The van der Waals surface area contributed by atoms with Crippen molar-refractivity contribution >= 4 is 41.3 Å². The Balaban J connectivity index is -0.0000000450. The Labute approximate surface area is 59.1 Å². The molecule has 0 rings (SSSR count). The van der Waals surface area contributed by atoms with Crippen molar-refractivity contribution in [2.75, 3.05) is 0 Å². The fourth-order valence-corrected chi connectivity index (χ4v) is 0. The third kappa shape index (κ3) is 347. The molecule has 3 nitrogen and oxygen atoms in total. The van der Waals surface area contributed by atoms with E-state index in [4.69, 9.17) is 0 Å². The molecule has 0 heterocycles. The maximum Gasteiger partial charge on any atom is 0.160 e. The molecule has 0 aliphatic rings. The van der Waals surface area contributed by atoms with Crippen molar-refractivity contribution in [1.82, 2.24) is 6.15 Å². The predicted molar refractivity (Wildman–Crippen MR) is 41.4 cm³/mol. The Kier molecular flexibility index (Phi) is 24.3. The van der Waals surface area contributed by atoms with Gasteiger partial charge < -0.3 is 17.6 Å². The molecule has 0 aromatic carbocycles. The quantitative estimate of drug-likeness (QED) is 0.396. The van der Waals surface area contributed by atoms with Gasteiger partial charge >= 0.3 is 0 Å². The lowest BCUT2D eigenvalue weighted by Crippen LogP contribution is -2.18. The summed E-state index contributed by atoms with van der Waals surface area (Å²) >= 11 is 4.09. The molecular formula is CH8IN3S. The molecule has 0 saturated heterocycles. The fraction of sp³-hybridized carbons (Fsp3) is 0. The van der Waals surface area contributed by atoms with Crippen LogP contribution in [0.15, 0.2) is 0 Å². The van der Waals surface area contributed by atoms with Crippen molar-refractivity contribution in [3.8, 4) is 0 Å². The minimum atomic E-state index is 0. The average molecular weight is 221 g/mol. The van der Waals surface area contributed by atoms with Gasteiger partial charge in [0.1, 0.15) is 0 Å². The lowest BCUT2D eigenvalue weighted by molar-refractivity contribution is 1.65. The fourth-order valence-electron chi connectivity index (χ4n) is 0. The molecule has 0 saturated carbocycles. The second-order valence-electron chi connectivity index (χ2n) is 0.402. The summed E-state index contributed by atoms with van der Waals surface area (Å²) in [4.78, 5) is 0. The second kappa shape index (κ2) is 9.03. The van der Waals surface area contributed by atoms with Crippen LogP contribution in [-0.4, -0.2) is 5.11 Å². The maximum atomic E-state index is 4.62. The monoisotopic (exact) mass is 221 g/mol. The Morgan fingerprint density at radius 2 is 1.33 bits per heavy atom. The smallest absolute Gasteiger partial charge is 0.160 e. The van der Waals surface area contributed by atoms with E-state index < -0.39 is 0 Å². The molecular weight excluding hydrogens is 213 g/mol. The van der Waals surface area contributed by atoms with Gasteiger partial charge in [0.05, 0.1) is 0 Å². The maximum absolute atomic E-state index is 4.62. The van der Waals surface area contributed by atoms with Crippen LogP contribution in [0.5, 0.6) is 0 Å². The zero-order valence-corrected chi connectivity index (χ0v) is 6.33. The summed E-state index contributed by atoms with van der Waals surface area (Å²) in [5, 5.41) is 0.000000000000000222. The van der Waals surface area contributed by atoms with Crippen molar-refractivity contribution in [2.45, 2.75) is 0 Å². The molecule has 0 aromatic rings. The van der Waals surface area contributed by atoms with Crippen molar-refractivity contribution in [3.63, 3.8) is 0 Å². The van der Waals surface area contributed by atoms with Gasteiger partial charge in [0.2, 0.25) is 0 Å². The molecule has 0 spiro atoms. The number of thiocarbonyl (C=S) groups is 1. The molecule has 6 heavy (non-hydrogen) atoms. The van der Waals surface area contributed by atoms with Crippen LogP contribution in [-0.2, 0) is 0 Å². The third-order valence-corrected chi connectivity index (χ3v) is 0. The Morgan fingerprint density at radius 1 is 1.33 bits per heavy atom. The molecule has 7 N–H and O–H groups in total. The summed E-state index contributed by atoms with van der Waals surface area (Å²) in [5.41, 5.74) is 9.24. The highest BCUT2D eigenvalue weighted by atomic mass is 127. The molecule has 0 unspecified atom stereocenters. The predicted octanol–water partition coefficient (Wildman–Crippen LogP) is -0.0313. The van der Waals surface area contributed by atoms with Crippen molar-refractivity contribution in [3.05, 3.63) is 0 Å². The highest BCUT2D eigenvalue weighted by molar-refractivity contribution is 14.0. The molecule has 0 atom stereocenters. The van der Waals surface area contributed by atoms with Crippen LogP contribution < -0.4 is 17.6 Å². The largest absolute Gasteiger partial charge is 0.377 e. The van der Waals surface area contributed by atoms with E-state index in [9.17, 15) is 0 Å². The average Bonchev–Trinajstić information content (AvgIpc) is 0.811. The zero-order valence-electron chi connectivity index (χ0n) is 3.18. The lowest BCUT2D eigenvalue weighted by Gasteiger charge is -1.68. The van der Waals surface area contributed by atoms with E-state index in [1.54, 1.807) is 0 Å². The number of nitrogens with two attached hydrogens (primary N) is 2. The normalized spacial score (nSPS) is 4.00. The first-order chi connectivity index (χ1) is 1.73. The van der Waals surface area contributed by atoms with E-state index in [1.807, 2.05) is 0 Å². The van der Waals surface area contributed by atoms with Crippen molar-refractivity contribution in [1.29, 1.82) is 0 Å². The van der Waals surface area contributed by atoms with Crippen LogP contribution >= 0.6 is 36.2 Å². The lowest BCUT2D eigenvalue weighted by atomic mass is 11.3. The number of rotatable bonds is 0. The number of hydrogen-bond donors (Lipinski definition) is 3. The molecule has 0 aliphatic carbocycles. The van der Waals surface area contributed by atoms with Gasteiger partial charge in [-0.15, -0.1) is 24.0 Å². The minimum absolute atomic E-state index is 0. The summed E-state index contributed by atoms with van der Waals surface area (Å²) in [7, 11) is 0. The van der Waals surface area contributed by atoms with E-state index >= 15 is 0 Å². The molecule has 0 radical (unpaired) electrons. The summed E-state index contributed by atoms with van der Waals surface area (Å²) in [5.74, 6) is 0. The number of hydrogen-bond acceptors (Lipinski definition) is 2. The molecule has 5 heteroatoms. The van der Waals surface area contributed by atoms with Gasteiger partial charge in [-0.25, -0.2) is 0 Å². The van der Waals surface area contributed by atoms with E-state index in [0.717, 1.165) is 0 Å². The highest BCUT2D eigenvalue weighted by Gasteiger charge is 1.53. The molecule has 0 amide bonds. The van der Waals surface area contributed by atoms with Gasteiger partial charge in [-0.1, -0.05) is 0 Å². The van der Waals surface area contributed by atoms with Gasteiger partial charge in [-0.2, -0.15) is 0 Å². The summed E-state index contributed by atoms with van der Waals surface area (Å²) in [6, 6.07) is 0. The summed E-state index contributed by atoms with van der Waals surface area (Å²) in [6.45, 7) is 0. The molecule has 40 valence electrons. The Bertz CT molecular complexity index is 33.8. The van der Waals surface area contributed by atoms with Crippen LogP contribution in [0.4, 0.5) is 0 Å². The summed E-state index contributed by atoms with van der Waals surface area (Å²) in [6.07, 6.45) is 0. The van der Waals surface area contributed by atoms with E-state index in [-0.39, 0.29) is 35.2 Å². The Morgan fingerprint density at radius 3 is 1.33 bits per heavy atom. The van der Waals surface area contributed by atoms with E-state index in [2.05, 4.69) is 23.7 Å². The van der Waals surface area contributed by atoms with E-state index in [0.29, 0.717) is 0 Å².